The number of nitrogen functional groups attached to an aromatic ring is 1. The molecule has 0 spiro atoms. The van der Waals surface area contributed by atoms with E-state index in [0.29, 0.717) is 35.4 Å². The number of hydrogen-bond donors (Lipinski definition) is 2. The van der Waals surface area contributed by atoms with E-state index in [1.807, 2.05) is 49.4 Å². The Morgan fingerprint density at radius 3 is 2.37 bits per heavy atom. The second-order valence-electron chi connectivity index (χ2n) is 6.97. The Hall–Kier alpha value is -3.73. The summed E-state index contributed by atoms with van der Waals surface area (Å²) in [6, 6.07) is 21.8. The van der Waals surface area contributed by atoms with Gasteiger partial charge in [-0.1, -0.05) is 48.0 Å². The summed E-state index contributed by atoms with van der Waals surface area (Å²) >= 11 is 0. The molecule has 0 aliphatic carbocycles. The van der Waals surface area contributed by atoms with Gasteiger partial charge in [-0.2, -0.15) is 0 Å². The lowest BCUT2D eigenvalue weighted by molar-refractivity contribution is -0.136. The van der Waals surface area contributed by atoms with Crippen molar-refractivity contribution >= 4 is 17.4 Å². The van der Waals surface area contributed by atoms with Gasteiger partial charge in [-0.15, -0.1) is 0 Å². The SMILES string of the molecule is COC(=O)/C(CCc1ccc(C)cc1)=C(\Oc1ccccc1)c1cc(O)ccc1N. The minimum absolute atomic E-state index is 0.0242. The third kappa shape index (κ3) is 5.20. The predicted octanol–water partition coefficient (Wildman–Crippen LogP) is 4.88. The van der Waals surface area contributed by atoms with Crippen molar-refractivity contribution in [3.8, 4) is 11.5 Å². The molecule has 0 amide bonds. The number of nitrogens with two attached hydrogens (primary N) is 1. The molecule has 154 valence electrons. The van der Waals surface area contributed by atoms with E-state index in [1.54, 1.807) is 18.2 Å². The summed E-state index contributed by atoms with van der Waals surface area (Å²) in [5.74, 6) is 0.340. The summed E-state index contributed by atoms with van der Waals surface area (Å²) < 4.78 is 11.2. The van der Waals surface area contributed by atoms with Crippen molar-refractivity contribution in [2.45, 2.75) is 19.8 Å². The number of anilines is 1. The maximum absolute atomic E-state index is 12.7. The Balaban J connectivity index is 2.08. The van der Waals surface area contributed by atoms with Crippen LogP contribution >= 0.6 is 0 Å². The van der Waals surface area contributed by atoms with Crippen LogP contribution in [0.5, 0.6) is 11.5 Å². The molecule has 0 aliphatic rings. The van der Waals surface area contributed by atoms with Crippen molar-refractivity contribution < 1.29 is 19.4 Å². The number of rotatable bonds is 7. The van der Waals surface area contributed by atoms with Crippen LogP contribution in [0.4, 0.5) is 5.69 Å². The zero-order valence-corrected chi connectivity index (χ0v) is 17.1. The summed E-state index contributed by atoms with van der Waals surface area (Å²) in [4.78, 5) is 12.7. The van der Waals surface area contributed by atoms with Gasteiger partial charge >= 0.3 is 5.97 Å². The molecule has 3 aromatic rings. The van der Waals surface area contributed by atoms with E-state index in [9.17, 15) is 9.90 Å². The Morgan fingerprint density at radius 1 is 1.00 bits per heavy atom. The number of aromatic hydroxyl groups is 1. The zero-order chi connectivity index (χ0) is 21.5. The van der Waals surface area contributed by atoms with Gasteiger partial charge in [0.15, 0.2) is 0 Å². The van der Waals surface area contributed by atoms with Crippen LogP contribution in [0, 0.1) is 6.92 Å². The summed E-state index contributed by atoms with van der Waals surface area (Å²) in [6.07, 6.45) is 0.998. The van der Waals surface area contributed by atoms with Crippen molar-refractivity contribution in [3.63, 3.8) is 0 Å². The molecule has 0 radical (unpaired) electrons. The highest BCUT2D eigenvalue weighted by Crippen LogP contribution is 2.32. The van der Waals surface area contributed by atoms with Gasteiger partial charge in [-0.25, -0.2) is 4.79 Å². The van der Waals surface area contributed by atoms with E-state index < -0.39 is 5.97 Å². The molecule has 0 fully saturated rings. The second kappa shape index (κ2) is 9.65. The average molecular weight is 403 g/mol. The van der Waals surface area contributed by atoms with Crippen molar-refractivity contribution in [2.75, 3.05) is 12.8 Å². The highest BCUT2D eigenvalue weighted by molar-refractivity contribution is 5.98. The van der Waals surface area contributed by atoms with Crippen LogP contribution in [0.3, 0.4) is 0 Å². The number of methoxy groups -OCH3 is 1. The summed E-state index contributed by atoms with van der Waals surface area (Å²) in [5, 5.41) is 10.0. The lowest BCUT2D eigenvalue weighted by Crippen LogP contribution is -2.13. The molecule has 0 bridgehead atoms. The molecule has 5 heteroatoms. The van der Waals surface area contributed by atoms with E-state index in [4.69, 9.17) is 15.2 Å². The fourth-order valence-corrected chi connectivity index (χ4v) is 3.08. The molecular weight excluding hydrogens is 378 g/mol. The maximum Gasteiger partial charge on any atom is 0.337 e. The van der Waals surface area contributed by atoms with Crippen molar-refractivity contribution in [1.82, 2.24) is 0 Å². The molecule has 0 heterocycles. The summed E-state index contributed by atoms with van der Waals surface area (Å²) in [6.45, 7) is 2.03. The largest absolute Gasteiger partial charge is 0.508 e. The van der Waals surface area contributed by atoms with Crippen LogP contribution in [0.15, 0.2) is 78.4 Å². The van der Waals surface area contributed by atoms with Gasteiger partial charge in [0.1, 0.15) is 17.3 Å². The van der Waals surface area contributed by atoms with Crippen LogP contribution in [-0.4, -0.2) is 18.2 Å². The first-order valence-corrected chi connectivity index (χ1v) is 9.66. The molecule has 0 unspecified atom stereocenters. The first-order valence-electron chi connectivity index (χ1n) is 9.66. The molecule has 5 nitrogen and oxygen atoms in total. The van der Waals surface area contributed by atoms with Gasteiger partial charge in [0.2, 0.25) is 0 Å². The number of phenols is 1. The van der Waals surface area contributed by atoms with Crippen LogP contribution in [0.2, 0.25) is 0 Å². The van der Waals surface area contributed by atoms with E-state index in [-0.39, 0.29) is 11.5 Å². The predicted molar refractivity (Wildman–Crippen MR) is 118 cm³/mol. The van der Waals surface area contributed by atoms with E-state index in [1.165, 1.54) is 24.8 Å². The number of carbonyl (C=O) groups is 1. The first kappa shape index (κ1) is 21.0. The number of hydrogen-bond acceptors (Lipinski definition) is 5. The summed E-state index contributed by atoms with van der Waals surface area (Å²) in [7, 11) is 1.33. The first-order chi connectivity index (χ1) is 14.5. The lowest BCUT2D eigenvalue weighted by atomic mass is 9.99. The molecule has 0 aliphatic heterocycles. The molecule has 3 rings (SSSR count). The highest BCUT2D eigenvalue weighted by Gasteiger charge is 2.22. The van der Waals surface area contributed by atoms with Crippen LogP contribution in [-0.2, 0) is 16.0 Å². The number of esters is 1. The van der Waals surface area contributed by atoms with E-state index in [0.717, 1.165) is 5.56 Å². The molecule has 0 aromatic heterocycles. The second-order valence-corrected chi connectivity index (χ2v) is 6.97. The molecule has 3 aromatic carbocycles. The minimum Gasteiger partial charge on any atom is -0.508 e. The molecule has 30 heavy (non-hydrogen) atoms. The van der Waals surface area contributed by atoms with Gasteiger partial charge in [-0.05, 0) is 55.7 Å². The quantitative estimate of drug-likeness (QED) is 0.193. The van der Waals surface area contributed by atoms with E-state index in [2.05, 4.69) is 0 Å². The number of phenolic OH excluding ortho intramolecular Hbond substituents is 1. The highest BCUT2D eigenvalue weighted by atomic mass is 16.5. The van der Waals surface area contributed by atoms with Crippen molar-refractivity contribution in [1.29, 1.82) is 0 Å². The fraction of sp³-hybridized carbons (Fsp3) is 0.160. The van der Waals surface area contributed by atoms with E-state index >= 15 is 0 Å². The molecule has 0 atom stereocenters. The molecule has 0 saturated heterocycles. The van der Waals surface area contributed by atoms with Gasteiger partial charge in [0.25, 0.3) is 0 Å². The van der Waals surface area contributed by atoms with Crippen molar-refractivity contribution in [2.24, 2.45) is 0 Å². The summed E-state index contributed by atoms with van der Waals surface area (Å²) in [5.41, 5.74) is 9.59. The lowest BCUT2D eigenvalue weighted by Gasteiger charge is -2.17. The van der Waals surface area contributed by atoms with Crippen molar-refractivity contribution in [3.05, 3.63) is 95.1 Å². The zero-order valence-electron chi connectivity index (χ0n) is 17.1. The monoisotopic (exact) mass is 403 g/mol. The van der Waals surface area contributed by atoms with Crippen LogP contribution in [0.1, 0.15) is 23.1 Å². The fourth-order valence-electron chi connectivity index (χ4n) is 3.08. The number of ether oxygens (including phenoxy) is 2. The Kier molecular flexibility index (Phi) is 6.75. The standard InChI is InChI=1S/C25H25NO4/c1-17-8-10-18(11-9-17)12-14-21(25(28)29-2)24(30-20-6-4-3-5-7-20)22-16-19(27)13-15-23(22)26/h3-11,13,15-16,27H,12,14,26H2,1-2H3/b24-21-. The Morgan fingerprint density at radius 2 is 1.70 bits per heavy atom. The average Bonchev–Trinajstić information content (AvgIpc) is 2.76. The van der Waals surface area contributed by atoms with Crippen LogP contribution in [0.25, 0.3) is 5.76 Å². The topological polar surface area (TPSA) is 81.8 Å². The van der Waals surface area contributed by atoms with Gasteiger partial charge in [-0.3, -0.25) is 0 Å². The Labute approximate surface area is 176 Å². The number of carbonyl (C=O) groups excluding carboxylic acids is 1. The Bertz CT molecular complexity index is 1040. The number of benzene rings is 3. The molecular formula is C25H25NO4. The third-order valence-electron chi connectivity index (χ3n) is 4.73. The third-order valence-corrected chi connectivity index (χ3v) is 4.73. The molecule has 0 saturated carbocycles. The maximum atomic E-state index is 12.7. The number of para-hydroxylation sites is 1. The van der Waals surface area contributed by atoms with Gasteiger partial charge in [0.05, 0.1) is 12.7 Å². The minimum atomic E-state index is -0.504. The van der Waals surface area contributed by atoms with Gasteiger partial charge < -0.3 is 20.3 Å². The smallest absolute Gasteiger partial charge is 0.337 e. The number of aryl methyl sites for hydroxylation is 2. The normalized spacial score (nSPS) is 11.5. The van der Waals surface area contributed by atoms with Gasteiger partial charge in [0, 0.05) is 11.3 Å². The van der Waals surface area contributed by atoms with Crippen LogP contribution < -0.4 is 10.5 Å². The molecule has 3 N–H and O–H groups in total.